The Balaban J connectivity index is 1.80. The first kappa shape index (κ1) is 22.5. The molecule has 2 heterocycles. The average molecular weight is 431 g/mol. The van der Waals surface area contributed by atoms with E-state index in [4.69, 9.17) is 18.6 Å². The lowest BCUT2D eigenvalue weighted by Crippen LogP contribution is -2.41. The van der Waals surface area contributed by atoms with E-state index in [9.17, 15) is 9.59 Å². The summed E-state index contributed by atoms with van der Waals surface area (Å²) in [6.07, 6.45) is 1.40. The summed E-state index contributed by atoms with van der Waals surface area (Å²) in [5, 5.41) is 5.46. The van der Waals surface area contributed by atoms with Crippen molar-refractivity contribution in [3.63, 3.8) is 0 Å². The minimum absolute atomic E-state index is 0.142. The van der Waals surface area contributed by atoms with Crippen LogP contribution in [0.3, 0.4) is 0 Å². The molecular formula is C22H29N3O6. The smallest absolute Gasteiger partial charge is 0.287 e. The molecule has 0 aliphatic carbocycles. The van der Waals surface area contributed by atoms with Crippen LogP contribution in [0.15, 0.2) is 34.9 Å². The van der Waals surface area contributed by atoms with E-state index >= 15 is 0 Å². The topological polar surface area (TPSA) is 102 Å². The molecule has 2 aromatic rings. The largest absolute Gasteiger partial charge is 0.492 e. The van der Waals surface area contributed by atoms with Gasteiger partial charge < -0.3 is 34.2 Å². The number of furan rings is 1. The number of nitrogens with one attached hydrogen (secondary N) is 2. The van der Waals surface area contributed by atoms with E-state index in [1.165, 1.54) is 12.3 Å². The Bertz CT molecular complexity index is 878. The lowest BCUT2D eigenvalue weighted by Gasteiger charge is -2.31. The van der Waals surface area contributed by atoms with Crippen LogP contribution >= 0.6 is 0 Å². The van der Waals surface area contributed by atoms with E-state index in [2.05, 4.69) is 15.5 Å². The lowest BCUT2D eigenvalue weighted by molar-refractivity contribution is -0.117. The van der Waals surface area contributed by atoms with Crippen molar-refractivity contribution in [2.45, 2.75) is 26.8 Å². The molecular weight excluding hydrogens is 402 g/mol. The highest BCUT2D eigenvalue weighted by atomic mass is 16.5. The van der Waals surface area contributed by atoms with Crippen LogP contribution in [-0.4, -0.2) is 57.4 Å². The van der Waals surface area contributed by atoms with Gasteiger partial charge >= 0.3 is 0 Å². The quantitative estimate of drug-likeness (QED) is 0.629. The predicted molar refractivity (Wildman–Crippen MR) is 116 cm³/mol. The molecule has 0 saturated carbocycles. The van der Waals surface area contributed by atoms with Crippen molar-refractivity contribution in [3.8, 4) is 11.5 Å². The maximum absolute atomic E-state index is 12.8. The molecule has 1 aromatic heterocycles. The third-order valence-electron chi connectivity index (χ3n) is 4.76. The Morgan fingerprint density at radius 3 is 2.48 bits per heavy atom. The minimum atomic E-state index is -0.790. The Morgan fingerprint density at radius 1 is 1.13 bits per heavy atom. The number of rotatable bonds is 9. The number of hydrogen-bond acceptors (Lipinski definition) is 7. The van der Waals surface area contributed by atoms with Gasteiger partial charge in [0.25, 0.3) is 5.91 Å². The van der Waals surface area contributed by atoms with Crippen LogP contribution < -0.4 is 25.0 Å². The van der Waals surface area contributed by atoms with E-state index in [1.807, 2.05) is 19.9 Å². The van der Waals surface area contributed by atoms with Gasteiger partial charge in [-0.15, -0.1) is 0 Å². The first-order chi connectivity index (χ1) is 15.0. The van der Waals surface area contributed by atoms with Crippen molar-refractivity contribution < 1.29 is 28.2 Å². The van der Waals surface area contributed by atoms with E-state index < -0.39 is 11.9 Å². The van der Waals surface area contributed by atoms with Crippen LogP contribution in [0.2, 0.25) is 0 Å². The zero-order valence-electron chi connectivity index (χ0n) is 18.1. The summed E-state index contributed by atoms with van der Waals surface area (Å²) in [5.41, 5.74) is 1.37. The molecule has 2 amide bonds. The van der Waals surface area contributed by atoms with Crippen molar-refractivity contribution in [1.82, 2.24) is 5.32 Å². The second-order valence-electron chi connectivity index (χ2n) is 6.94. The second-order valence-corrected chi connectivity index (χ2v) is 6.94. The highest BCUT2D eigenvalue weighted by molar-refractivity contribution is 6.01. The molecule has 168 valence electrons. The van der Waals surface area contributed by atoms with Gasteiger partial charge in [-0.3, -0.25) is 9.59 Å². The first-order valence-corrected chi connectivity index (χ1v) is 10.4. The van der Waals surface area contributed by atoms with Crippen molar-refractivity contribution in [2.24, 2.45) is 0 Å². The van der Waals surface area contributed by atoms with Gasteiger partial charge in [0.05, 0.1) is 44.1 Å². The maximum atomic E-state index is 12.8. The number of nitrogens with zero attached hydrogens (tertiary/aromatic N) is 1. The van der Waals surface area contributed by atoms with Crippen molar-refractivity contribution in [2.75, 3.05) is 49.7 Å². The summed E-state index contributed by atoms with van der Waals surface area (Å²) in [6, 6.07) is 5.99. The molecule has 9 nitrogen and oxygen atoms in total. The van der Waals surface area contributed by atoms with Gasteiger partial charge in [-0.1, -0.05) is 0 Å². The molecule has 1 atom stereocenters. The summed E-state index contributed by atoms with van der Waals surface area (Å²) in [6.45, 7) is 9.06. The number of morpholine rings is 1. The van der Waals surface area contributed by atoms with Gasteiger partial charge in [0.1, 0.15) is 17.5 Å². The summed E-state index contributed by atoms with van der Waals surface area (Å²) in [5.74, 6) is 0.474. The number of anilines is 2. The summed E-state index contributed by atoms with van der Waals surface area (Å²) in [7, 11) is 0. The second kappa shape index (κ2) is 10.7. The molecule has 3 rings (SSSR count). The van der Waals surface area contributed by atoms with Crippen LogP contribution in [0.5, 0.6) is 11.5 Å². The highest BCUT2D eigenvalue weighted by Gasteiger charge is 2.23. The molecule has 1 aliphatic heterocycles. The van der Waals surface area contributed by atoms with Crippen molar-refractivity contribution in [3.05, 3.63) is 36.3 Å². The maximum Gasteiger partial charge on any atom is 0.287 e. The first-order valence-electron chi connectivity index (χ1n) is 10.4. The van der Waals surface area contributed by atoms with E-state index in [0.717, 1.165) is 18.8 Å². The zero-order chi connectivity index (χ0) is 22.2. The van der Waals surface area contributed by atoms with E-state index in [-0.39, 0.29) is 11.7 Å². The normalized spacial score (nSPS) is 14.6. The van der Waals surface area contributed by atoms with Crippen molar-refractivity contribution in [1.29, 1.82) is 0 Å². The molecule has 1 aliphatic rings. The predicted octanol–water partition coefficient (Wildman–Crippen LogP) is 2.67. The third-order valence-corrected chi connectivity index (χ3v) is 4.76. The van der Waals surface area contributed by atoms with Crippen LogP contribution in [0.4, 0.5) is 11.4 Å². The molecule has 9 heteroatoms. The van der Waals surface area contributed by atoms with Gasteiger partial charge in [-0.2, -0.15) is 0 Å². The van der Waals surface area contributed by atoms with Gasteiger partial charge in [-0.25, -0.2) is 0 Å². The Labute approximate surface area is 181 Å². The molecule has 1 saturated heterocycles. The number of ether oxygens (including phenoxy) is 3. The fourth-order valence-corrected chi connectivity index (χ4v) is 3.23. The summed E-state index contributed by atoms with van der Waals surface area (Å²) >= 11 is 0. The zero-order valence-corrected chi connectivity index (χ0v) is 18.1. The number of amides is 2. The molecule has 1 aromatic carbocycles. The SMILES string of the molecule is CCOc1cc(N2CCOCC2)c(OCC)cc1NC(=O)C(C)NC(=O)c1ccco1. The number of carbonyl (C=O) groups excluding carboxylic acids is 2. The monoisotopic (exact) mass is 431 g/mol. The van der Waals surface area contributed by atoms with Gasteiger partial charge in [-0.05, 0) is 32.9 Å². The lowest BCUT2D eigenvalue weighted by atomic mass is 10.2. The number of benzene rings is 1. The van der Waals surface area contributed by atoms with Gasteiger partial charge in [0.15, 0.2) is 5.76 Å². The third kappa shape index (κ3) is 5.69. The molecule has 31 heavy (non-hydrogen) atoms. The highest BCUT2D eigenvalue weighted by Crippen LogP contribution is 2.39. The molecule has 0 bridgehead atoms. The van der Waals surface area contributed by atoms with Crippen LogP contribution in [-0.2, 0) is 9.53 Å². The van der Waals surface area contributed by atoms with Crippen LogP contribution in [0, 0.1) is 0 Å². The van der Waals surface area contributed by atoms with Gasteiger partial charge in [0, 0.05) is 25.2 Å². The Kier molecular flexibility index (Phi) is 7.77. The Morgan fingerprint density at radius 2 is 1.84 bits per heavy atom. The summed E-state index contributed by atoms with van der Waals surface area (Å²) < 4.78 is 22.2. The molecule has 2 N–H and O–H groups in total. The number of carbonyl (C=O) groups is 2. The summed E-state index contributed by atoms with van der Waals surface area (Å²) in [4.78, 5) is 27.1. The van der Waals surface area contributed by atoms with Crippen LogP contribution in [0.25, 0.3) is 0 Å². The van der Waals surface area contributed by atoms with E-state index in [0.29, 0.717) is 43.6 Å². The molecule has 1 fully saturated rings. The molecule has 0 radical (unpaired) electrons. The fourth-order valence-electron chi connectivity index (χ4n) is 3.23. The fraction of sp³-hybridized carbons (Fsp3) is 0.455. The molecule has 0 spiro atoms. The number of hydrogen-bond donors (Lipinski definition) is 2. The van der Waals surface area contributed by atoms with Crippen LogP contribution in [0.1, 0.15) is 31.3 Å². The van der Waals surface area contributed by atoms with E-state index in [1.54, 1.807) is 19.1 Å². The minimum Gasteiger partial charge on any atom is -0.492 e. The van der Waals surface area contributed by atoms with Gasteiger partial charge in [0.2, 0.25) is 5.91 Å². The standard InChI is InChI=1S/C22H29N3O6/c1-4-29-19-14-17(25-8-11-28-12-9-25)20(30-5-2)13-16(19)24-21(26)15(3)23-22(27)18-7-6-10-31-18/h6-7,10,13-15H,4-5,8-9,11-12H2,1-3H3,(H,23,27)(H,24,26). The average Bonchev–Trinajstić information content (AvgIpc) is 3.31. The Hall–Kier alpha value is -3.20. The molecule has 1 unspecified atom stereocenters. The van der Waals surface area contributed by atoms with Crippen molar-refractivity contribution >= 4 is 23.2 Å².